The summed E-state index contributed by atoms with van der Waals surface area (Å²) in [6.45, 7) is 4.73. The maximum atomic E-state index is 6.41. The second-order valence-corrected chi connectivity index (χ2v) is 8.00. The van der Waals surface area contributed by atoms with E-state index in [0.717, 1.165) is 33.9 Å². The van der Waals surface area contributed by atoms with Crippen molar-refractivity contribution in [1.82, 2.24) is 10.4 Å². The first-order valence-electron chi connectivity index (χ1n) is 10.1. The molecule has 0 unspecified atom stereocenters. The number of hydrazine groups is 1. The SMILES string of the molecule is CCOc1ccc(C2=C[C@H]3c4cc(Cl)ccc4O[C@H](c4ccc(C)cc4)N3N2)cc1. The van der Waals surface area contributed by atoms with E-state index in [1.165, 1.54) is 5.56 Å². The number of benzene rings is 3. The summed E-state index contributed by atoms with van der Waals surface area (Å²) in [4.78, 5) is 0. The molecule has 2 aliphatic heterocycles. The van der Waals surface area contributed by atoms with Crippen LogP contribution in [0.4, 0.5) is 0 Å². The number of ether oxygens (including phenoxy) is 2. The highest BCUT2D eigenvalue weighted by atomic mass is 35.5. The molecule has 4 nitrogen and oxygen atoms in total. The van der Waals surface area contributed by atoms with Gasteiger partial charge in [-0.05, 0) is 68.0 Å². The molecular formula is C25H23ClN2O2. The van der Waals surface area contributed by atoms with Gasteiger partial charge >= 0.3 is 0 Å². The molecule has 0 radical (unpaired) electrons. The van der Waals surface area contributed by atoms with Crippen LogP contribution in [-0.4, -0.2) is 11.6 Å². The molecule has 0 spiro atoms. The van der Waals surface area contributed by atoms with Crippen molar-refractivity contribution >= 4 is 17.3 Å². The summed E-state index contributed by atoms with van der Waals surface area (Å²) in [5.74, 6) is 1.73. The fraction of sp³-hybridized carbons (Fsp3) is 0.200. The first kappa shape index (κ1) is 19.0. The zero-order valence-corrected chi connectivity index (χ0v) is 17.7. The Bertz CT molecular complexity index is 1090. The van der Waals surface area contributed by atoms with Crippen LogP contribution in [0.1, 0.15) is 41.4 Å². The van der Waals surface area contributed by atoms with E-state index in [2.05, 4.69) is 59.8 Å². The minimum absolute atomic E-state index is 0.0142. The summed E-state index contributed by atoms with van der Waals surface area (Å²) in [7, 11) is 0. The van der Waals surface area contributed by atoms with E-state index in [1.54, 1.807) is 0 Å². The fourth-order valence-corrected chi connectivity index (χ4v) is 4.16. The van der Waals surface area contributed by atoms with E-state index in [0.29, 0.717) is 11.6 Å². The maximum Gasteiger partial charge on any atom is 0.195 e. The van der Waals surface area contributed by atoms with Crippen molar-refractivity contribution in [3.8, 4) is 11.5 Å². The Morgan fingerprint density at radius 2 is 1.80 bits per heavy atom. The van der Waals surface area contributed by atoms with E-state index in [9.17, 15) is 0 Å². The number of rotatable bonds is 4. The topological polar surface area (TPSA) is 33.7 Å². The molecule has 1 N–H and O–H groups in total. The van der Waals surface area contributed by atoms with Gasteiger partial charge in [0.25, 0.3) is 0 Å². The maximum absolute atomic E-state index is 6.41. The molecular weight excluding hydrogens is 396 g/mol. The zero-order chi connectivity index (χ0) is 20.7. The third-order valence-corrected chi connectivity index (χ3v) is 5.73. The predicted molar refractivity (Wildman–Crippen MR) is 119 cm³/mol. The Morgan fingerprint density at radius 1 is 1.03 bits per heavy atom. The van der Waals surface area contributed by atoms with Crippen LogP contribution in [-0.2, 0) is 0 Å². The Hall–Kier alpha value is -2.95. The van der Waals surface area contributed by atoms with Gasteiger partial charge in [-0.15, -0.1) is 0 Å². The number of hydrogen-bond donors (Lipinski definition) is 1. The Labute approximate surface area is 181 Å². The second kappa shape index (κ2) is 7.71. The Kier molecular flexibility index (Phi) is 4.89. The van der Waals surface area contributed by atoms with Crippen molar-refractivity contribution in [1.29, 1.82) is 0 Å². The average molecular weight is 419 g/mol. The van der Waals surface area contributed by atoms with Crippen LogP contribution in [0.5, 0.6) is 11.5 Å². The number of hydrogen-bond acceptors (Lipinski definition) is 4. The first-order valence-corrected chi connectivity index (χ1v) is 10.5. The summed E-state index contributed by atoms with van der Waals surface area (Å²) in [6.07, 6.45) is 1.98. The highest BCUT2D eigenvalue weighted by Crippen LogP contribution is 2.46. The lowest BCUT2D eigenvalue weighted by Gasteiger charge is -2.39. The molecule has 3 aromatic carbocycles. The zero-order valence-electron chi connectivity index (χ0n) is 16.9. The summed E-state index contributed by atoms with van der Waals surface area (Å²) >= 11 is 6.31. The summed E-state index contributed by atoms with van der Waals surface area (Å²) < 4.78 is 12.0. The molecule has 2 aliphatic rings. The molecule has 0 bridgehead atoms. The highest BCUT2D eigenvalue weighted by Gasteiger charge is 2.40. The van der Waals surface area contributed by atoms with Crippen LogP contribution >= 0.6 is 11.6 Å². The van der Waals surface area contributed by atoms with E-state index >= 15 is 0 Å². The molecule has 0 amide bonds. The Balaban J connectivity index is 1.53. The number of nitrogens with zero attached hydrogens (tertiary/aromatic N) is 1. The first-order chi connectivity index (χ1) is 14.6. The molecule has 0 saturated heterocycles. The smallest absolute Gasteiger partial charge is 0.195 e. The number of halogens is 1. The largest absolute Gasteiger partial charge is 0.494 e. The van der Waals surface area contributed by atoms with Gasteiger partial charge in [0.05, 0.1) is 18.3 Å². The van der Waals surface area contributed by atoms with Crippen molar-refractivity contribution in [2.24, 2.45) is 0 Å². The summed E-state index contributed by atoms with van der Waals surface area (Å²) in [5, 5.41) is 2.85. The van der Waals surface area contributed by atoms with E-state index < -0.39 is 0 Å². The minimum Gasteiger partial charge on any atom is -0.494 e. The van der Waals surface area contributed by atoms with E-state index in [1.807, 2.05) is 37.3 Å². The van der Waals surface area contributed by atoms with Crippen molar-refractivity contribution in [2.45, 2.75) is 26.1 Å². The predicted octanol–water partition coefficient (Wildman–Crippen LogP) is 6.04. The lowest BCUT2D eigenvalue weighted by molar-refractivity contribution is -0.0326. The van der Waals surface area contributed by atoms with Gasteiger partial charge in [0, 0.05) is 16.1 Å². The van der Waals surface area contributed by atoms with Crippen LogP contribution in [0.15, 0.2) is 72.8 Å². The molecule has 0 aliphatic carbocycles. The van der Waals surface area contributed by atoms with Gasteiger partial charge in [0.2, 0.25) is 0 Å². The van der Waals surface area contributed by atoms with Gasteiger partial charge in [-0.1, -0.05) is 41.4 Å². The summed E-state index contributed by atoms with van der Waals surface area (Å²) in [6, 6.07) is 22.4. The van der Waals surface area contributed by atoms with Crippen molar-refractivity contribution < 1.29 is 9.47 Å². The molecule has 5 heteroatoms. The molecule has 0 saturated carbocycles. The van der Waals surface area contributed by atoms with Crippen molar-refractivity contribution in [3.63, 3.8) is 0 Å². The van der Waals surface area contributed by atoms with Gasteiger partial charge < -0.3 is 14.9 Å². The second-order valence-electron chi connectivity index (χ2n) is 7.56. The van der Waals surface area contributed by atoms with Gasteiger partial charge in [-0.25, -0.2) is 0 Å². The van der Waals surface area contributed by atoms with Gasteiger partial charge in [-0.3, -0.25) is 0 Å². The van der Waals surface area contributed by atoms with Gasteiger partial charge in [-0.2, -0.15) is 5.01 Å². The minimum atomic E-state index is -0.249. The third kappa shape index (κ3) is 3.42. The molecule has 2 atom stereocenters. The van der Waals surface area contributed by atoms with Crippen LogP contribution in [0.3, 0.4) is 0 Å². The van der Waals surface area contributed by atoms with Gasteiger partial charge in [0.1, 0.15) is 11.5 Å². The fourth-order valence-electron chi connectivity index (χ4n) is 3.98. The van der Waals surface area contributed by atoms with E-state index in [-0.39, 0.29) is 12.3 Å². The summed E-state index contributed by atoms with van der Waals surface area (Å²) in [5.41, 5.74) is 9.08. The number of aryl methyl sites for hydroxylation is 1. The molecule has 2 heterocycles. The van der Waals surface area contributed by atoms with Crippen molar-refractivity contribution in [3.05, 3.63) is 100 Å². The molecule has 30 heavy (non-hydrogen) atoms. The Morgan fingerprint density at radius 3 is 2.53 bits per heavy atom. The molecule has 0 aromatic heterocycles. The highest BCUT2D eigenvalue weighted by molar-refractivity contribution is 6.30. The van der Waals surface area contributed by atoms with E-state index in [4.69, 9.17) is 21.1 Å². The number of fused-ring (bicyclic) bond motifs is 3. The van der Waals surface area contributed by atoms with Crippen LogP contribution < -0.4 is 14.9 Å². The number of nitrogens with one attached hydrogen (secondary N) is 1. The molecule has 5 rings (SSSR count). The monoisotopic (exact) mass is 418 g/mol. The molecule has 0 fully saturated rings. The van der Waals surface area contributed by atoms with Crippen LogP contribution in [0.25, 0.3) is 5.70 Å². The lowest BCUT2D eigenvalue weighted by Crippen LogP contribution is -2.43. The van der Waals surface area contributed by atoms with Crippen LogP contribution in [0, 0.1) is 6.92 Å². The quantitative estimate of drug-likeness (QED) is 0.560. The normalized spacial score (nSPS) is 19.9. The van der Waals surface area contributed by atoms with Gasteiger partial charge in [0.15, 0.2) is 6.23 Å². The molecule has 3 aromatic rings. The third-order valence-electron chi connectivity index (χ3n) is 5.49. The average Bonchev–Trinajstić information content (AvgIpc) is 3.21. The standard InChI is InChI=1S/C25H23ClN2O2/c1-3-29-20-11-8-17(9-12-20)22-15-23-21-14-19(26)10-13-24(21)30-25(28(23)27-22)18-6-4-16(2)5-7-18/h4-15,23,25,27H,3H2,1-2H3/t23-,25+/m0/s1. The van der Waals surface area contributed by atoms with Crippen LogP contribution in [0.2, 0.25) is 5.02 Å². The van der Waals surface area contributed by atoms with Crippen molar-refractivity contribution in [2.75, 3.05) is 6.61 Å². The lowest BCUT2D eigenvalue weighted by atomic mass is 10.0. The molecule has 152 valence electrons.